The van der Waals surface area contributed by atoms with Crippen molar-refractivity contribution in [3.05, 3.63) is 65.9 Å². The van der Waals surface area contributed by atoms with Gasteiger partial charge in [-0.2, -0.15) is 0 Å². The van der Waals surface area contributed by atoms with Crippen LogP contribution < -0.4 is 5.32 Å². The molecule has 0 atom stereocenters. The summed E-state index contributed by atoms with van der Waals surface area (Å²) in [6.07, 6.45) is 3.60. The average Bonchev–Trinajstić information content (AvgIpc) is 2.83. The van der Waals surface area contributed by atoms with Crippen molar-refractivity contribution in [2.75, 3.05) is 45.2 Å². The number of likely N-dealkylation sites (tertiary alicyclic amines) is 1. The fourth-order valence-corrected chi connectivity index (χ4v) is 5.14. The number of phenols is 1. The third-order valence-electron chi connectivity index (χ3n) is 6.88. The summed E-state index contributed by atoms with van der Waals surface area (Å²) in [5.74, 6) is 0.344. The van der Waals surface area contributed by atoms with Gasteiger partial charge in [-0.3, -0.25) is 9.69 Å². The van der Waals surface area contributed by atoms with Gasteiger partial charge in [-0.1, -0.05) is 30.3 Å². The second kappa shape index (κ2) is 9.38. The van der Waals surface area contributed by atoms with Gasteiger partial charge in [0.05, 0.1) is 13.2 Å². The van der Waals surface area contributed by atoms with E-state index in [-0.39, 0.29) is 23.7 Å². The summed E-state index contributed by atoms with van der Waals surface area (Å²) >= 11 is 0. The topological polar surface area (TPSA) is 79.4 Å². The molecule has 0 bridgehead atoms. The quantitative estimate of drug-likeness (QED) is 0.732. The molecule has 0 aromatic heterocycles. The highest BCUT2D eigenvalue weighted by atomic mass is 16.3. The van der Waals surface area contributed by atoms with Crippen LogP contribution in [0.3, 0.4) is 0 Å². The molecule has 0 radical (unpaired) electrons. The second-order valence-electron chi connectivity index (χ2n) is 9.43. The van der Waals surface area contributed by atoms with E-state index in [2.05, 4.69) is 16.3 Å². The predicted octanol–water partition coefficient (Wildman–Crippen LogP) is 2.98. The van der Waals surface area contributed by atoms with Gasteiger partial charge in [-0.15, -0.1) is 0 Å². The predicted molar refractivity (Wildman–Crippen MR) is 131 cm³/mol. The number of phenolic OH excluding ortho intramolecular Hbond substituents is 1. The van der Waals surface area contributed by atoms with Crippen molar-refractivity contribution in [3.8, 4) is 5.75 Å². The Morgan fingerprint density at radius 2 is 1.88 bits per heavy atom. The molecule has 1 fully saturated rings. The minimum Gasteiger partial charge on any atom is -0.508 e. The van der Waals surface area contributed by atoms with Gasteiger partial charge in [0.2, 0.25) is 5.91 Å². The van der Waals surface area contributed by atoms with Crippen molar-refractivity contribution >= 4 is 23.2 Å². The van der Waals surface area contributed by atoms with Gasteiger partial charge in [0.25, 0.3) is 0 Å². The Morgan fingerprint density at radius 3 is 2.68 bits per heavy atom. The maximum Gasteiger partial charge on any atom is 0.322 e. The molecular formula is C26H31N5O3. The van der Waals surface area contributed by atoms with Crippen LogP contribution in [0, 0.1) is 0 Å². The highest BCUT2D eigenvalue weighted by molar-refractivity contribution is 5.92. The molecule has 34 heavy (non-hydrogen) atoms. The molecule has 8 nitrogen and oxygen atoms in total. The zero-order chi connectivity index (χ0) is 23.7. The zero-order valence-corrected chi connectivity index (χ0v) is 19.5. The maximum atomic E-state index is 13.1. The van der Waals surface area contributed by atoms with E-state index in [9.17, 15) is 14.7 Å². The van der Waals surface area contributed by atoms with Crippen molar-refractivity contribution in [1.29, 1.82) is 0 Å². The molecule has 0 aliphatic carbocycles. The molecule has 178 valence electrons. The van der Waals surface area contributed by atoms with Crippen LogP contribution in [0.2, 0.25) is 0 Å². The number of para-hydroxylation sites is 1. The number of piperidine rings is 1. The Balaban J connectivity index is 1.18. The van der Waals surface area contributed by atoms with Crippen LogP contribution in [-0.2, 0) is 11.3 Å². The van der Waals surface area contributed by atoms with Crippen molar-refractivity contribution in [2.45, 2.75) is 25.4 Å². The van der Waals surface area contributed by atoms with Gasteiger partial charge in [-0.25, -0.2) is 4.79 Å². The molecule has 0 saturated carbocycles. The number of aromatic hydroxyl groups is 1. The average molecular weight is 462 g/mol. The van der Waals surface area contributed by atoms with Crippen LogP contribution in [-0.4, -0.2) is 82.6 Å². The summed E-state index contributed by atoms with van der Waals surface area (Å²) in [7, 11) is 2.03. The molecule has 5 rings (SSSR count). The number of fused-ring (bicyclic) bond motifs is 1. The van der Waals surface area contributed by atoms with Crippen LogP contribution in [0.4, 0.5) is 10.5 Å². The SMILES string of the molecule is CN1CC(c2cccc(O)c2)=CN(CC(=O)N2CCC(N3Cc4ccccc4NC3=O)CC2)C1. The van der Waals surface area contributed by atoms with E-state index in [0.717, 1.165) is 41.8 Å². The van der Waals surface area contributed by atoms with Crippen molar-refractivity contribution in [3.63, 3.8) is 0 Å². The number of anilines is 1. The summed E-state index contributed by atoms with van der Waals surface area (Å²) in [6, 6.07) is 15.2. The van der Waals surface area contributed by atoms with E-state index in [0.29, 0.717) is 32.8 Å². The van der Waals surface area contributed by atoms with E-state index in [1.165, 1.54) is 0 Å². The number of nitrogens with zero attached hydrogens (tertiary/aromatic N) is 4. The van der Waals surface area contributed by atoms with Crippen LogP contribution in [0.25, 0.3) is 5.57 Å². The van der Waals surface area contributed by atoms with Crippen molar-refractivity contribution < 1.29 is 14.7 Å². The summed E-state index contributed by atoms with van der Waals surface area (Å²) in [4.78, 5) is 33.7. The lowest BCUT2D eigenvalue weighted by atomic mass is 10.0. The fourth-order valence-electron chi connectivity index (χ4n) is 5.14. The van der Waals surface area contributed by atoms with Gasteiger partial charge >= 0.3 is 6.03 Å². The third kappa shape index (κ3) is 4.72. The lowest BCUT2D eigenvalue weighted by Gasteiger charge is -2.41. The zero-order valence-electron chi connectivity index (χ0n) is 19.5. The van der Waals surface area contributed by atoms with Crippen molar-refractivity contribution in [2.24, 2.45) is 0 Å². The molecule has 2 N–H and O–H groups in total. The number of hydrogen-bond donors (Lipinski definition) is 2. The minimum absolute atomic E-state index is 0.0514. The Kier molecular flexibility index (Phi) is 6.15. The number of carbonyl (C=O) groups excluding carboxylic acids is 2. The minimum atomic E-state index is -0.0514. The van der Waals surface area contributed by atoms with Crippen LogP contribution in [0.15, 0.2) is 54.7 Å². The number of benzene rings is 2. The summed E-state index contributed by atoms with van der Waals surface area (Å²) in [5.41, 5.74) is 4.06. The van der Waals surface area contributed by atoms with Gasteiger partial charge in [-0.05, 0) is 54.8 Å². The molecule has 3 aliphatic heterocycles. The number of carbonyl (C=O) groups is 2. The van der Waals surface area contributed by atoms with Gasteiger partial charge < -0.3 is 25.1 Å². The Morgan fingerprint density at radius 1 is 1.09 bits per heavy atom. The van der Waals surface area contributed by atoms with Crippen LogP contribution in [0.1, 0.15) is 24.0 Å². The number of urea groups is 1. The van der Waals surface area contributed by atoms with Crippen molar-refractivity contribution in [1.82, 2.24) is 19.6 Å². The number of hydrogen-bond acceptors (Lipinski definition) is 5. The van der Waals surface area contributed by atoms with E-state index in [4.69, 9.17) is 0 Å². The fraction of sp³-hybridized carbons (Fsp3) is 0.385. The highest BCUT2D eigenvalue weighted by Crippen LogP contribution is 2.28. The summed E-state index contributed by atoms with van der Waals surface area (Å²) in [6.45, 7) is 3.68. The van der Waals surface area contributed by atoms with Gasteiger partial charge in [0, 0.05) is 44.1 Å². The number of rotatable bonds is 4. The normalized spacial score (nSPS) is 19.5. The number of amides is 3. The number of nitrogens with one attached hydrogen (secondary N) is 1. The van der Waals surface area contributed by atoms with E-state index in [1.807, 2.05) is 58.3 Å². The Labute approximate surface area is 200 Å². The lowest BCUT2D eigenvalue weighted by molar-refractivity contribution is -0.133. The third-order valence-corrected chi connectivity index (χ3v) is 6.88. The van der Waals surface area contributed by atoms with E-state index < -0.39 is 0 Å². The molecule has 0 spiro atoms. The molecular weight excluding hydrogens is 430 g/mol. The monoisotopic (exact) mass is 461 g/mol. The van der Waals surface area contributed by atoms with E-state index >= 15 is 0 Å². The first-order chi connectivity index (χ1) is 16.5. The first-order valence-corrected chi connectivity index (χ1v) is 11.8. The lowest BCUT2D eigenvalue weighted by Crippen LogP contribution is -2.52. The maximum absolute atomic E-state index is 13.1. The molecule has 0 unspecified atom stereocenters. The van der Waals surface area contributed by atoms with E-state index in [1.54, 1.807) is 12.1 Å². The molecule has 3 heterocycles. The molecule has 2 aromatic rings. The number of likely N-dealkylation sites (N-methyl/N-ethyl adjacent to an activating group) is 1. The first-order valence-electron chi connectivity index (χ1n) is 11.8. The van der Waals surface area contributed by atoms with Gasteiger partial charge in [0.1, 0.15) is 5.75 Å². The second-order valence-corrected chi connectivity index (χ2v) is 9.43. The molecule has 1 saturated heterocycles. The Bertz CT molecular complexity index is 1110. The highest BCUT2D eigenvalue weighted by Gasteiger charge is 2.33. The standard InChI is InChI=1S/C26H31N5O3/c1-28-14-21(19-6-4-7-23(32)13-19)15-29(18-28)17-25(33)30-11-9-22(10-12-30)31-16-20-5-2-3-8-24(20)27-26(31)34/h2-8,13,15,22,32H,9-12,14,16-18H2,1H3,(H,27,34). The Hall–Kier alpha value is -3.52. The molecule has 2 aromatic carbocycles. The largest absolute Gasteiger partial charge is 0.508 e. The van der Waals surface area contributed by atoms with Crippen LogP contribution >= 0.6 is 0 Å². The first kappa shape index (κ1) is 22.3. The summed E-state index contributed by atoms with van der Waals surface area (Å²) < 4.78 is 0. The molecule has 3 aliphatic rings. The van der Waals surface area contributed by atoms with Crippen LogP contribution in [0.5, 0.6) is 5.75 Å². The molecule has 8 heteroatoms. The molecule has 3 amide bonds. The summed E-state index contributed by atoms with van der Waals surface area (Å²) in [5, 5.41) is 12.8. The van der Waals surface area contributed by atoms with Gasteiger partial charge in [0.15, 0.2) is 0 Å². The smallest absolute Gasteiger partial charge is 0.322 e.